The van der Waals surface area contributed by atoms with E-state index >= 15 is 0 Å². The third-order valence-electron chi connectivity index (χ3n) is 2.69. The topological polar surface area (TPSA) is 50.9 Å². The summed E-state index contributed by atoms with van der Waals surface area (Å²) in [5, 5.41) is 0. The second-order valence-corrected chi connectivity index (χ2v) is 6.84. The van der Waals surface area contributed by atoms with E-state index in [1.807, 2.05) is 30.3 Å². The minimum atomic E-state index is 0.0162. The van der Waals surface area contributed by atoms with Crippen molar-refractivity contribution in [2.75, 3.05) is 0 Å². The summed E-state index contributed by atoms with van der Waals surface area (Å²) in [5.41, 5.74) is 4.94. The molecule has 0 radical (unpaired) electrons. The van der Waals surface area contributed by atoms with Crippen molar-refractivity contribution in [2.24, 2.45) is 5.84 Å². The third kappa shape index (κ3) is 4.36. The highest BCUT2D eigenvalue weighted by Crippen LogP contribution is 2.25. The molecule has 1 aromatic carbocycles. The number of halogens is 3. The second-order valence-electron chi connectivity index (χ2n) is 4.09. The maximum Gasteiger partial charge on any atom is 0.0516 e. The zero-order valence-corrected chi connectivity index (χ0v) is 14.7. The van der Waals surface area contributed by atoms with Crippen LogP contribution in [-0.4, -0.2) is 4.98 Å². The largest absolute Gasteiger partial charge is 0.271 e. The van der Waals surface area contributed by atoms with Crippen LogP contribution in [0.4, 0.5) is 0 Å². The molecule has 0 spiro atoms. The lowest BCUT2D eigenvalue weighted by atomic mass is 10.0. The molecule has 2 rings (SSSR count). The zero-order valence-electron chi connectivity index (χ0n) is 9.91. The number of nitrogens with two attached hydrogens (primary N) is 1. The molecule has 1 heterocycles. The fourth-order valence-corrected chi connectivity index (χ4v) is 3.35. The molecule has 0 aliphatic rings. The Morgan fingerprint density at radius 3 is 2.26 bits per heavy atom. The molecule has 0 saturated carbocycles. The first-order valence-electron chi connectivity index (χ1n) is 5.61. The van der Waals surface area contributed by atoms with Crippen molar-refractivity contribution in [1.82, 2.24) is 10.4 Å². The van der Waals surface area contributed by atoms with Crippen LogP contribution in [0.25, 0.3) is 0 Å². The van der Waals surface area contributed by atoms with E-state index < -0.39 is 0 Å². The Bertz CT molecular complexity index is 537. The van der Waals surface area contributed by atoms with E-state index in [2.05, 4.69) is 58.2 Å². The van der Waals surface area contributed by atoms with Gasteiger partial charge >= 0.3 is 0 Å². The molecule has 0 bridgehead atoms. The minimum absolute atomic E-state index is 0.0162. The van der Waals surface area contributed by atoms with Crippen molar-refractivity contribution in [2.45, 2.75) is 12.5 Å². The third-order valence-corrected chi connectivity index (χ3v) is 4.08. The van der Waals surface area contributed by atoms with Gasteiger partial charge in [0.1, 0.15) is 0 Å². The summed E-state index contributed by atoms with van der Waals surface area (Å²) in [5.74, 6) is 5.67. The molecule has 0 aliphatic carbocycles. The number of hydrazine groups is 1. The Balaban J connectivity index is 2.22. The van der Waals surface area contributed by atoms with Crippen LogP contribution in [0, 0.1) is 0 Å². The molecule has 1 atom stereocenters. The number of hydrogen-bond acceptors (Lipinski definition) is 3. The van der Waals surface area contributed by atoms with Gasteiger partial charge in [0.25, 0.3) is 0 Å². The molecular formula is C13H12Br3N3. The van der Waals surface area contributed by atoms with Crippen LogP contribution in [0.15, 0.2) is 49.9 Å². The van der Waals surface area contributed by atoms with Crippen molar-refractivity contribution in [3.63, 3.8) is 0 Å². The molecule has 3 N–H and O–H groups in total. The lowest BCUT2D eigenvalue weighted by Crippen LogP contribution is -2.29. The number of nitrogens with zero attached hydrogens (tertiary/aromatic N) is 1. The molecule has 19 heavy (non-hydrogen) atoms. The monoisotopic (exact) mass is 447 g/mol. The fourth-order valence-electron chi connectivity index (χ4n) is 1.79. The maximum absolute atomic E-state index is 5.67. The van der Waals surface area contributed by atoms with Crippen molar-refractivity contribution >= 4 is 47.8 Å². The highest BCUT2D eigenvalue weighted by molar-refractivity contribution is 9.11. The second kappa shape index (κ2) is 6.95. The molecular weight excluding hydrogens is 438 g/mol. The van der Waals surface area contributed by atoms with Crippen molar-refractivity contribution in [3.8, 4) is 0 Å². The van der Waals surface area contributed by atoms with Gasteiger partial charge in [-0.05, 0) is 51.8 Å². The van der Waals surface area contributed by atoms with Crippen LogP contribution in [0.2, 0.25) is 0 Å². The first-order chi connectivity index (χ1) is 9.08. The predicted molar refractivity (Wildman–Crippen MR) is 87.5 cm³/mol. The zero-order chi connectivity index (χ0) is 13.8. The van der Waals surface area contributed by atoms with E-state index in [1.165, 1.54) is 0 Å². The van der Waals surface area contributed by atoms with Gasteiger partial charge in [0.2, 0.25) is 0 Å². The number of nitrogens with one attached hydrogen (secondary N) is 1. The van der Waals surface area contributed by atoms with E-state index in [1.54, 1.807) is 6.20 Å². The summed E-state index contributed by atoms with van der Waals surface area (Å²) in [6.07, 6.45) is 2.52. The van der Waals surface area contributed by atoms with Gasteiger partial charge in [-0.1, -0.05) is 31.9 Å². The Morgan fingerprint density at radius 2 is 1.74 bits per heavy atom. The standard InChI is InChI=1S/C13H12Br3N3/c14-9-1-2-12(18-7-9)6-13(19-17)8-3-10(15)5-11(16)4-8/h1-5,7,13,19H,6,17H2. The van der Waals surface area contributed by atoms with Gasteiger partial charge in [-0.2, -0.15) is 0 Å². The number of aromatic nitrogens is 1. The lowest BCUT2D eigenvalue weighted by molar-refractivity contribution is 0.545. The molecule has 0 fully saturated rings. The van der Waals surface area contributed by atoms with Crippen LogP contribution >= 0.6 is 47.8 Å². The van der Waals surface area contributed by atoms with Gasteiger partial charge < -0.3 is 0 Å². The molecule has 0 saturated heterocycles. The van der Waals surface area contributed by atoms with Gasteiger partial charge in [-0.15, -0.1) is 0 Å². The molecule has 0 amide bonds. The van der Waals surface area contributed by atoms with Crippen LogP contribution < -0.4 is 11.3 Å². The smallest absolute Gasteiger partial charge is 0.0516 e. The summed E-state index contributed by atoms with van der Waals surface area (Å²) >= 11 is 10.3. The first-order valence-corrected chi connectivity index (χ1v) is 7.99. The van der Waals surface area contributed by atoms with E-state index in [9.17, 15) is 0 Å². The highest BCUT2D eigenvalue weighted by atomic mass is 79.9. The van der Waals surface area contributed by atoms with Crippen molar-refractivity contribution in [3.05, 3.63) is 61.2 Å². The van der Waals surface area contributed by atoms with E-state index in [0.29, 0.717) is 0 Å². The number of rotatable bonds is 4. The average Bonchev–Trinajstić information content (AvgIpc) is 2.37. The number of hydrogen-bond donors (Lipinski definition) is 2. The Hall–Kier alpha value is -0.270. The Morgan fingerprint density at radius 1 is 1.05 bits per heavy atom. The highest BCUT2D eigenvalue weighted by Gasteiger charge is 2.12. The molecule has 1 unspecified atom stereocenters. The van der Waals surface area contributed by atoms with Crippen LogP contribution in [0.1, 0.15) is 17.3 Å². The van der Waals surface area contributed by atoms with E-state index in [0.717, 1.165) is 31.1 Å². The predicted octanol–water partition coefficient (Wildman–Crippen LogP) is 4.12. The normalized spacial score (nSPS) is 12.4. The van der Waals surface area contributed by atoms with Crippen molar-refractivity contribution in [1.29, 1.82) is 0 Å². The number of benzene rings is 1. The van der Waals surface area contributed by atoms with Crippen LogP contribution in [-0.2, 0) is 6.42 Å². The van der Waals surface area contributed by atoms with Gasteiger partial charge in [0.15, 0.2) is 0 Å². The lowest BCUT2D eigenvalue weighted by Gasteiger charge is -2.16. The van der Waals surface area contributed by atoms with Gasteiger partial charge in [0.05, 0.1) is 6.04 Å². The summed E-state index contributed by atoms with van der Waals surface area (Å²) < 4.78 is 3.00. The quantitative estimate of drug-likeness (QED) is 0.545. The molecule has 0 aliphatic heterocycles. The first kappa shape index (κ1) is 15.1. The SMILES string of the molecule is NNC(Cc1ccc(Br)cn1)c1cc(Br)cc(Br)c1. The summed E-state index contributed by atoms with van der Waals surface area (Å²) in [7, 11) is 0. The minimum Gasteiger partial charge on any atom is -0.271 e. The van der Waals surface area contributed by atoms with Gasteiger partial charge in [-0.25, -0.2) is 0 Å². The van der Waals surface area contributed by atoms with Crippen LogP contribution in [0.3, 0.4) is 0 Å². The molecule has 3 nitrogen and oxygen atoms in total. The molecule has 100 valence electrons. The fraction of sp³-hybridized carbons (Fsp3) is 0.154. The van der Waals surface area contributed by atoms with Gasteiger partial charge in [-0.3, -0.25) is 16.3 Å². The molecule has 2 aromatic rings. The molecule has 1 aromatic heterocycles. The summed E-state index contributed by atoms with van der Waals surface area (Å²) in [6.45, 7) is 0. The summed E-state index contributed by atoms with van der Waals surface area (Å²) in [6, 6.07) is 10.1. The van der Waals surface area contributed by atoms with Crippen LogP contribution in [0.5, 0.6) is 0 Å². The number of pyridine rings is 1. The Labute approximate surface area is 137 Å². The maximum atomic E-state index is 5.67. The van der Waals surface area contributed by atoms with E-state index in [4.69, 9.17) is 5.84 Å². The molecule has 6 heteroatoms. The van der Waals surface area contributed by atoms with Crippen molar-refractivity contribution < 1.29 is 0 Å². The van der Waals surface area contributed by atoms with Gasteiger partial charge in [0, 0.05) is 31.7 Å². The summed E-state index contributed by atoms with van der Waals surface area (Å²) in [4.78, 5) is 4.37. The van der Waals surface area contributed by atoms with E-state index in [-0.39, 0.29) is 6.04 Å². The average molecular weight is 450 g/mol. The Kier molecular flexibility index (Phi) is 5.53.